The van der Waals surface area contributed by atoms with Crippen LogP contribution in [0.2, 0.25) is 0 Å². The van der Waals surface area contributed by atoms with Crippen LogP contribution in [0.25, 0.3) is 10.4 Å². The molecular weight excluding hydrogens is 417 g/mol. The first-order valence-corrected chi connectivity index (χ1v) is 10.8. The molecule has 1 saturated heterocycles. The van der Waals surface area contributed by atoms with Crippen molar-refractivity contribution in [3.63, 3.8) is 0 Å². The van der Waals surface area contributed by atoms with Crippen LogP contribution in [0.3, 0.4) is 0 Å². The van der Waals surface area contributed by atoms with Crippen LogP contribution >= 0.6 is 22.7 Å². The maximum absolute atomic E-state index is 14.4. The van der Waals surface area contributed by atoms with Gasteiger partial charge in [-0.25, -0.2) is 9.37 Å². The molecule has 0 spiro atoms. The van der Waals surface area contributed by atoms with Crippen LogP contribution in [0.4, 0.5) is 4.39 Å². The number of aliphatic hydroxyl groups excluding tert-OH is 4. The monoisotopic (exact) mass is 437 g/mol. The van der Waals surface area contributed by atoms with Crippen molar-refractivity contribution in [2.75, 3.05) is 6.61 Å². The first-order chi connectivity index (χ1) is 14.0. The second-order valence-electron chi connectivity index (χ2n) is 6.91. The van der Waals surface area contributed by atoms with Gasteiger partial charge in [0.05, 0.1) is 16.5 Å². The van der Waals surface area contributed by atoms with Gasteiger partial charge in [-0.2, -0.15) is 11.3 Å². The minimum atomic E-state index is -1.48. The summed E-state index contributed by atoms with van der Waals surface area (Å²) >= 11 is 3.08. The zero-order chi connectivity index (χ0) is 20.5. The Balaban J connectivity index is 1.58. The number of rotatable bonds is 5. The fourth-order valence-electron chi connectivity index (χ4n) is 3.38. The number of aliphatic hydroxyl groups is 4. The summed E-state index contributed by atoms with van der Waals surface area (Å²) in [7, 11) is 0. The molecule has 0 bridgehead atoms. The van der Waals surface area contributed by atoms with Crippen molar-refractivity contribution < 1.29 is 29.6 Å². The van der Waals surface area contributed by atoms with E-state index in [1.807, 2.05) is 16.8 Å². The van der Waals surface area contributed by atoms with Gasteiger partial charge in [-0.15, -0.1) is 11.3 Å². The topological polar surface area (TPSA) is 103 Å². The number of hydrogen-bond acceptors (Lipinski definition) is 8. The van der Waals surface area contributed by atoms with Gasteiger partial charge in [-0.3, -0.25) is 0 Å². The minimum Gasteiger partial charge on any atom is -0.394 e. The van der Waals surface area contributed by atoms with Gasteiger partial charge in [0.2, 0.25) is 0 Å². The van der Waals surface area contributed by atoms with Crippen LogP contribution in [-0.2, 0) is 11.2 Å². The normalized spacial score (nSPS) is 27.3. The fraction of sp³-hybridized carbons (Fsp3) is 0.350. The third-order valence-corrected chi connectivity index (χ3v) is 6.72. The van der Waals surface area contributed by atoms with Crippen molar-refractivity contribution in [3.05, 3.63) is 63.2 Å². The maximum Gasteiger partial charge on any atom is 0.126 e. The van der Waals surface area contributed by atoms with Crippen LogP contribution in [0.1, 0.15) is 22.2 Å². The first kappa shape index (κ1) is 20.5. The first-order valence-electron chi connectivity index (χ1n) is 9.04. The molecule has 0 amide bonds. The highest BCUT2D eigenvalue weighted by Crippen LogP contribution is 2.34. The summed E-state index contributed by atoms with van der Waals surface area (Å²) < 4.78 is 20.0. The Labute approximate surface area is 174 Å². The van der Waals surface area contributed by atoms with Crippen LogP contribution in [0.15, 0.2) is 41.2 Å². The molecule has 0 unspecified atom stereocenters. The summed E-state index contributed by atoms with van der Waals surface area (Å²) in [4.78, 5) is 5.39. The van der Waals surface area contributed by atoms with Crippen molar-refractivity contribution in [2.45, 2.75) is 36.9 Å². The third kappa shape index (κ3) is 4.13. The van der Waals surface area contributed by atoms with Gasteiger partial charge in [-0.05, 0) is 40.1 Å². The molecule has 3 heterocycles. The van der Waals surface area contributed by atoms with E-state index in [9.17, 15) is 24.8 Å². The largest absolute Gasteiger partial charge is 0.394 e. The Morgan fingerprint density at radius 3 is 2.66 bits per heavy atom. The van der Waals surface area contributed by atoms with E-state index in [2.05, 4.69) is 4.98 Å². The molecule has 4 N–H and O–H groups in total. The number of halogens is 1. The summed E-state index contributed by atoms with van der Waals surface area (Å²) in [5.41, 5.74) is 1.91. The Hall–Kier alpha value is -1.72. The van der Waals surface area contributed by atoms with E-state index in [0.29, 0.717) is 11.1 Å². The van der Waals surface area contributed by atoms with E-state index >= 15 is 0 Å². The average Bonchev–Trinajstić information content (AvgIpc) is 3.40. The van der Waals surface area contributed by atoms with Crippen molar-refractivity contribution >= 4 is 22.7 Å². The molecule has 1 aromatic carbocycles. The SMILES string of the molecule is OC[C@H]1O[C@@H](c2ccc(F)c(Cc3ncc(-c4ccsc4)s3)c2)[C@H](O)[C@@H](O)[C@@H]1O. The van der Waals surface area contributed by atoms with E-state index in [0.717, 1.165) is 15.4 Å². The molecular formula is C20H20FNO5S2. The number of benzene rings is 1. The molecule has 4 rings (SSSR count). The second-order valence-corrected chi connectivity index (χ2v) is 8.80. The van der Waals surface area contributed by atoms with Crippen LogP contribution in [0.5, 0.6) is 0 Å². The van der Waals surface area contributed by atoms with E-state index < -0.39 is 42.9 Å². The minimum absolute atomic E-state index is 0.270. The third-order valence-electron chi connectivity index (χ3n) is 4.99. The Bertz CT molecular complexity index is 962. The Morgan fingerprint density at radius 2 is 1.93 bits per heavy atom. The molecule has 154 valence electrons. The van der Waals surface area contributed by atoms with Gasteiger partial charge in [0.25, 0.3) is 0 Å². The molecule has 2 aromatic heterocycles. The lowest BCUT2D eigenvalue weighted by molar-refractivity contribution is -0.231. The molecule has 29 heavy (non-hydrogen) atoms. The lowest BCUT2D eigenvalue weighted by Gasteiger charge is -2.40. The van der Waals surface area contributed by atoms with Crippen molar-refractivity contribution in [3.8, 4) is 10.4 Å². The fourth-order valence-corrected chi connectivity index (χ4v) is 5.04. The van der Waals surface area contributed by atoms with Gasteiger partial charge in [0.1, 0.15) is 36.3 Å². The quantitative estimate of drug-likeness (QED) is 0.488. The highest BCUT2D eigenvalue weighted by molar-refractivity contribution is 7.15. The van der Waals surface area contributed by atoms with Crippen molar-refractivity contribution in [1.29, 1.82) is 0 Å². The van der Waals surface area contributed by atoms with Gasteiger partial charge in [0.15, 0.2) is 0 Å². The van der Waals surface area contributed by atoms with E-state index in [1.54, 1.807) is 23.6 Å². The molecule has 0 saturated carbocycles. The average molecular weight is 438 g/mol. The lowest BCUT2D eigenvalue weighted by Crippen LogP contribution is -2.55. The molecule has 0 aliphatic carbocycles. The van der Waals surface area contributed by atoms with E-state index in [-0.39, 0.29) is 6.42 Å². The molecule has 3 aromatic rings. The van der Waals surface area contributed by atoms with Crippen LogP contribution in [-0.4, -0.2) is 56.4 Å². The van der Waals surface area contributed by atoms with Gasteiger partial charge in [-0.1, -0.05) is 6.07 Å². The zero-order valence-corrected chi connectivity index (χ0v) is 16.8. The van der Waals surface area contributed by atoms with Crippen molar-refractivity contribution in [1.82, 2.24) is 4.98 Å². The smallest absolute Gasteiger partial charge is 0.126 e. The lowest BCUT2D eigenvalue weighted by atomic mass is 9.90. The summed E-state index contributed by atoms with van der Waals surface area (Å²) in [5.74, 6) is -0.411. The van der Waals surface area contributed by atoms with Crippen molar-refractivity contribution in [2.24, 2.45) is 0 Å². The summed E-state index contributed by atoms with van der Waals surface area (Å²) in [6.45, 7) is -0.514. The molecule has 1 fully saturated rings. The summed E-state index contributed by atoms with van der Waals surface area (Å²) in [6.07, 6.45) is -4.30. The van der Waals surface area contributed by atoms with Gasteiger partial charge >= 0.3 is 0 Å². The van der Waals surface area contributed by atoms with Crippen LogP contribution < -0.4 is 0 Å². The maximum atomic E-state index is 14.4. The number of hydrogen-bond donors (Lipinski definition) is 4. The number of thiazole rings is 1. The molecule has 9 heteroatoms. The molecule has 5 atom stereocenters. The molecule has 6 nitrogen and oxygen atoms in total. The van der Waals surface area contributed by atoms with E-state index in [1.165, 1.54) is 23.5 Å². The van der Waals surface area contributed by atoms with E-state index in [4.69, 9.17) is 4.74 Å². The zero-order valence-electron chi connectivity index (χ0n) is 15.2. The molecule has 1 aliphatic heterocycles. The predicted octanol–water partition coefficient (Wildman–Crippen LogP) is 2.12. The number of thiophene rings is 1. The highest BCUT2D eigenvalue weighted by Gasteiger charge is 2.44. The second kappa shape index (κ2) is 8.57. The number of ether oxygens (including phenoxy) is 1. The Morgan fingerprint density at radius 1 is 1.10 bits per heavy atom. The highest BCUT2D eigenvalue weighted by atomic mass is 32.1. The van der Waals surface area contributed by atoms with Gasteiger partial charge < -0.3 is 25.2 Å². The molecule has 1 aliphatic rings. The number of aromatic nitrogens is 1. The standard InChI is InChI=1S/C20H20FNO5S2/c21-13-2-1-10(20-19(26)18(25)17(24)14(8-23)27-20)5-12(13)6-16-22-7-15(29-16)11-3-4-28-9-11/h1-5,7,9,14,17-20,23-26H,6,8H2/t14-,17-,18+,19-,20+/m1/s1. The number of nitrogens with zero attached hydrogens (tertiary/aromatic N) is 1. The molecule has 0 radical (unpaired) electrons. The predicted molar refractivity (Wildman–Crippen MR) is 107 cm³/mol. The van der Waals surface area contributed by atoms with Crippen LogP contribution in [0, 0.1) is 5.82 Å². The summed E-state index contributed by atoms with van der Waals surface area (Å²) in [6, 6.07) is 6.31. The summed E-state index contributed by atoms with van der Waals surface area (Å²) in [5, 5.41) is 44.4. The van der Waals surface area contributed by atoms with Gasteiger partial charge in [0, 0.05) is 18.2 Å². The Kier molecular flexibility index (Phi) is 6.07.